The molecule has 1 aromatic heterocycles. The molecule has 3 aliphatic heterocycles. The molecule has 0 aliphatic carbocycles. The Morgan fingerprint density at radius 2 is 1.86 bits per heavy atom. The highest BCUT2D eigenvalue weighted by molar-refractivity contribution is 5.95. The minimum Gasteiger partial charge on any atom is -0.489 e. The van der Waals surface area contributed by atoms with E-state index in [0.717, 1.165) is 40.1 Å². The number of hydrogen-bond acceptors (Lipinski definition) is 7. The Morgan fingerprint density at radius 1 is 1.03 bits per heavy atom. The number of fused-ring (bicyclic) bond motifs is 5. The second kappa shape index (κ2) is 6.16. The maximum Gasteiger partial charge on any atom is 0.212 e. The van der Waals surface area contributed by atoms with Gasteiger partial charge in [-0.15, -0.1) is 0 Å². The number of nitrogens with zero attached hydrogens (tertiary/aromatic N) is 3. The van der Waals surface area contributed by atoms with E-state index in [9.17, 15) is 0 Å². The van der Waals surface area contributed by atoms with Crippen molar-refractivity contribution in [3.05, 3.63) is 47.5 Å². The molecular weight excluding hydrogens is 370 g/mol. The third-order valence-corrected chi connectivity index (χ3v) is 5.29. The minimum absolute atomic E-state index is 0.326. The van der Waals surface area contributed by atoms with Gasteiger partial charge in [-0.3, -0.25) is 9.88 Å². The van der Waals surface area contributed by atoms with Gasteiger partial charge in [0.2, 0.25) is 5.95 Å². The summed E-state index contributed by atoms with van der Waals surface area (Å²) in [7, 11) is 0. The number of rotatable bonds is 1. The Balaban J connectivity index is 1.51. The molecule has 0 spiro atoms. The van der Waals surface area contributed by atoms with Crippen LogP contribution >= 0.6 is 0 Å². The monoisotopic (exact) mass is 389 g/mol. The van der Waals surface area contributed by atoms with Crippen molar-refractivity contribution in [2.45, 2.75) is 12.6 Å². The van der Waals surface area contributed by atoms with Gasteiger partial charge >= 0.3 is 0 Å². The summed E-state index contributed by atoms with van der Waals surface area (Å²) in [6.07, 6.45) is 2.62. The molecule has 0 saturated carbocycles. The van der Waals surface area contributed by atoms with Gasteiger partial charge in [-0.2, -0.15) is 0 Å². The SMILES string of the molecule is NC1=N[C@H](C2=Cc3ccccc3OC2)n2c(nc3cc4c(cc32)OCCCO4)N1. The van der Waals surface area contributed by atoms with Gasteiger partial charge in [0.25, 0.3) is 0 Å². The smallest absolute Gasteiger partial charge is 0.212 e. The largest absolute Gasteiger partial charge is 0.489 e. The highest BCUT2D eigenvalue weighted by Crippen LogP contribution is 2.40. The molecule has 8 nitrogen and oxygen atoms in total. The fourth-order valence-electron chi connectivity index (χ4n) is 3.96. The summed E-state index contributed by atoms with van der Waals surface area (Å²) < 4.78 is 19.7. The normalized spacial score (nSPS) is 19.8. The van der Waals surface area contributed by atoms with Gasteiger partial charge in [0, 0.05) is 29.7 Å². The van der Waals surface area contributed by atoms with Crippen molar-refractivity contribution in [3.8, 4) is 17.2 Å². The molecule has 1 atom stereocenters. The van der Waals surface area contributed by atoms with Crippen LogP contribution in [0.5, 0.6) is 17.2 Å². The van der Waals surface area contributed by atoms with Crippen LogP contribution in [0.1, 0.15) is 18.2 Å². The second-order valence-corrected chi connectivity index (χ2v) is 7.20. The van der Waals surface area contributed by atoms with E-state index in [-0.39, 0.29) is 6.17 Å². The molecule has 8 heteroatoms. The maximum atomic E-state index is 6.07. The fraction of sp³-hybridized carbons (Fsp3) is 0.238. The lowest BCUT2D eigenvalue weighted by Gasteiger charge is -2.28. The van der Waals surface area contributed by atoms with E-state index in [2.05, 4.69) is 16.4 Å². The summed E-state index contributed by atoms with van der Waals surface area (Å²) >= 11 is 0. The van der Waals surface area contributed by atoms with Gasteiger partial charge in [-0.05, 0) is 12.1 Å². The summed E-state index contributed by atoms with van der Waals surface area (Å²) in [5.41, 5.74) is 9.80. The quantitative estimate of drug-likeness (QED) is 0.664. The standard InChI is InChI=1S/C21H19N5O3/c22-20-24-19(13-8-12-4-1-2-5-16(12)29-11-13)26-15-10-18-17(27-6-3-7-28-18)9-14(15)23-21(26)25-20/h1-2,4-5,8-10,19H,3,6-7,11H2,(H3,22,23,24,25)/t19-/m0/s1. The highest BCUT2D eigenvalue weighted by Gasteiger charge is 2.29. The first-order valence-corrected chi connectivity index (χ1v) is 9.60. The van der Waals surface area contributed by atoms with Crippen LogP contribution in [-0.4, -0.2) is 35.3 Å². The maximum absolute atomic E-state index is 6.07. The predicted octanol–water partition coefficient (Wildman–Crippen LogP) is 2.91. The van der Waals surface area contributed by atoms with E-state index in [1.807, 2.05) is 41.0 Å². The predicted molar refractivity (Wildman–Crippen MR) is 110 cm³/mol. The average molecular weight is 389 g/mol. The summed E-state index contributed by atoms with van der Waals surface area (Å²) in [5, 5.41) is 3.07. The van der Waals surface area contributed by atoms with E-state index < -0.39 is 0 Å². The van der Waals surface area contributed by atoms with Gasteiger partial charge in [0.05, 0.1) is 24.2 Å². The van der Waals surface area contributed by atoms with Gasteiger partial charge in [-0.1, -0.05) is 18.2 Å². The Morgan fingerprint density at radius 3 is 2.76 bits per heavy atom. The number of ether oxygens (including phenoxy) is 3. The number of aromatic nitrogens is 2. The average Bonchev–Trinajstić information content (AvgIpc) is 2.92. The molecule has 3 aliphatic rings. The van der Waals surface area contributed by atoms with Gasteiger partial charge in [0.15, 0.2) is 23.6 Å². The summed E-state index contributed by atoms with van der Waals surface area (Å²) in [6, 6.07) is 11.8. The number of guanidine groups is 1. The zero-order valence-corrected chi connectivity index (χ0v) is 15.6. The minimum atomic E-state index is -0.352. The number of aliphatic imine (C=N–C) groups is 1. The number of nitrogens with one attached hydrogen (secondary N) is 1. The van der Waals surface area contributed by atoms with Crippen LogP contribution in [0.25, 0.3) is 17.1 Å². The van der Waals surface area contributed by atoms with Crippen molar-refractivity contribution < 1.29 is 14.2 Å². The Kier molecular flexibility index (Phi) is 3.46. The third-order valence-electron chi connectivity index (χ3n) is 5.29. The Bertz CT molecular complexity index is 1200. The second-order valence-electron chi connectivity index (χ2n) is 7.20. The molecule has 3 aromatic rings. The molecule has 0 bridgehead atoms. The molecule has 0 saturated heterocycles. The Hall–Kier alpha value is -3.68. The van der Waals surface area contributed by atoms with Crippen molar-refractivity contribution in [3.63, 3.8) is 0 Å². The Labute approximate surface area is 166 Å². The lowest BCUT2D eigenvalue weighted by atomic mass is 10.1. The molecule has 4 heterocycles. The van der Waals surface area contributed by atoms with Gasteiger partial charge in [0.1, 0.15) is 12.4 Å². The fourth-order valence-corrected chi connectivity index (χ4v) is 3.96. The first-order chi connectivity index (χ1) is 14.3. The zero-order valence-electron chi connectivity index (χ0n) is 15.6. The van der Waals surface area contributed by atoms with Crippen molar-refractivity contribution in [1.29, 1.82) is 0 Å². The number of benzene rings is 2. The molecule has 0 unspecified atom stereocenters. The summed E-state index contributed by atoms with van der Waals surface area (Å²) in [5.74, 6) is 3.26. The first-order valence-electron chi connectivity index (χ1n) is 9.60. The molecule has 0 radical (unpaired) electrons. The number of hydrogen-bond donors (Lipinski definition) is 2. The molecule has 146 valence electrons. The molecule has 2 aromatic carbocycles. The molecule has 6 rings (SSSR count). The highest BCUT2D eigenvalue weighted by atomic mass is 16.5. The van der Waals surface area contributed by atoms with E-state index in [1.165, 1.54) is 0 Å². The molecule has 29 heavy (non-hydrogen) atoms. The summed E-state index contributed by atoms with van der Waals surface area (Å²) in [6.45, 7) is 1.69. The molecule has 0 fully saturated rings. The van der Waals surface area contributed by atoms with Crippen LogP contribution in [0, 0.1) is 0 Å². The van der Waals surface area contributed by atoms with Crippen molar-refractivity contribution in [2.24, 2.45) is 10.7 Å². The first kappa shape index (κ1) is 16.3. The van der Waals surface area contributed by atoms with Crippen LogP contribution < -0.4 is 25.3 Å². The van der Waals surface area contributed by atoms with E-state index in [1.54, 1.807) is 0 Å². The molecule has 0 amide bonds. The van der Waals surface area contributed by atoms with Crippen LogP contribution in [0.2, 0.25) is 0 Å². The van der Waals surface area contributed by atoms with Crippen LogP contribution in [0.3, 0.4) is 0 Å². The van der Waals surface area contributed by atoms with E-state index in [0.29, 0.717) is 37.5 Å². The van der Waals surface area contributed by atoms with Crippen molar-refractivity contribution >= 4 is 29.0 Å². The number of anilines is 1. The molecule has 3 N–H and O–H groups in total. The lowest BCUT2D eigenvalue weighted by molar-refractivity contribution is 0.297. The number of imidazole rings is 1. The summed E-state index contributed by atoms with van der Waals surface area (Å²) in [4.78, 5) is 9.38. The van der Waals surface area contributed by atoms with Crippen LogP contribution in [0.4, 0.5) is 5.95 Å². The van der Waals surface area contributed by atoms with Gasteiger partial charge in [-0.25, -0.2) is 9.98 Å². The van der Waals surface area contributed by atoms with Crippen LogP contribution in [0.15, 0.2) is 47.0 Å². The number of nitrogens with two attached hydrogens (primary N) is 1. The van der Waals surface area contributed by atoms with Crippen LogP contribution in [-0.2, 0) is 0 Å². The number of para-hydroxylation sites is 1. The van der Waals surface area contributed by atoms with E-state index in [4.69, 9.17) is 24.9 Å². The third kappa shape index (κ3) is 2.60. The lowest BCUT2D eigenvalue weighted by Crippen LogP contribution is -2.32. The topological polar surface area (TPSA) is 95.9 Å². The van der Waals surface area contributed by atoms with Crippen molar-refractivity contribution in [2.75, 3.05) is 25.1 Å². The van der Waals surface area contributed by atoms with E-state index >= 15 is 0 Å². The molecular formula is C21H19N5O3. The van der Waals surface area contributed by atoms with Gasteiger partial charge < -0.3 is 19.9 Å². The zero-order chi connectivity index (χ0) is 19.4. The van der Waals surface area contributed by atoms with Crippen molar-refractivity contribution in [1.82, 2.24) is 9.55 Å².